The average Bonchev–Trinajstić information content (AvgIpc) is 2.04. The molecule has 0 saturated heterocycles. The van der Waals surface area contributed by atoms with Gasteiger partial charge in [-0.1, -0.05) is 32.0 Å². The molecule has 12 heavy (non-hydrogen) atoms. The molecule has 0 spiro atoms. The van der Waals surface area contributed by atoms with E-state index in [0.717, 1.165) is 12.8 Å². The second-order valence-corrected chi connectivity index (χ2v) is 3.31. The van der Waals surface area contributed by atoms with Gasteiger partial charge in [0.25, 0.3) is 0 Å². The molecule has 0 aromatic heterocycles. The van der Waals surface area contributed by atoms with Crippen LogP contribution in [0.4, 0.5) is 0 Å². The first-order chi connectivity index (χ1) is 5.29. The van der Waals surface area contributed by atoms with E-state index in [1.54, 1.807) is 0 Å². The number of aryl methyl sites for hydroxylation is 1. The van der Waals surface area contributed by atoms with Crippen molar-refractivity contribution < 1.29 is 19.5 Å². The van der Waals surface area contributed by atoms with Crippen molar-refractivity contribution in [1.29, 1.82) is 0 Å². The third kappa shape index (κ3) is 2.65. The topological polar surface area (TPSA) is 0 Å². The molecule has 1 aromatic rings. The molecule has 1 atom stereocenters. The van der Waals surface area contributed by atoms with Gasteiger partial charge in [-0.2, -0.15) is 0 Å². The largest absolute Gasteiger partial charge is 0.105 e. The fraction of sp³-hybridized carbons (Fsp3) is 0.400. The maximum Gasteiger partial charge on any atom is 0 e. The van der Waals surface area contributed by atoms with Gasteiger partial charge in [-0.25, -0.2) is 0 Å². The quantitative estimate of drug-likeness (QED) is 0.570. The molecule has 0 heterocycles. The first-order valence-electron chi connectivity index (χ1n) is 4.15. The van der Waals surface area contributed by atoms with Gasteiger partial charge in [-0.3, -0.25) is 0 Å². The van der Waals surface area contributed by atoms with Gasteiger partial charge in [0.05, 0.1) is 0 Å². The van der Waals surface area contributed by atoms with Gasteiger partial charge in [0.1, 0.15) is 0 Å². The predicted octanol–water partition coefficient (Wildman–Crippen LogP) is 2.31. The smallest absolute Gasteiger partial charge is 0 e. The Balaban J connectivity index is 0.00000121. The van der Waals surface area contributed by atoms with Gasteiger partial charge in [-0.05, 0) is 29.3 Å². The molecule has 68 valence electrons. The van der Waals surface area contributed by atoms with Crippen molar-refractivity contribution >= 4 is 14.5 Å². The van der Waals surface area contributed by atoms with E-state index in [-0.39, 0.29) is 19.5 Å². The van der Waals surface area contributed by atoms with E-state index in [4.69, 9.17) is 0 Å². The molecule has 1 rings (SSSR count). The molecule has 0 N–H and O–H groups in total. The van der Waals surface area contributed by atoms with E-state index < -0.39 is 0 Å². The van der Waals surface area contributed by atoms with Crippen molar-refractivity contribution in [1.82, 2.24) is 0 Å². The molecule has 0 aliphatic rings. The minimum Gasteiger partial charge on any atom is -0.105 e. The summed E-state index contributed by atoms with van der Waals surface area (Å²) in [5.74, 6) is 0. The van der Waals surface area contributed by atoms with Crippen LogP contribution in [-0.4, -0.2) is 0 Å². The standard InChI is InChI=1S/C10H15P.Ru/c1-3-8-6-5-7-10(11)9(8)4-2;/h5-7H,3-4,11H2,1-2H3;. The summed E-state index contributed by atoms with van der Waals surface area (Å²) in [5.41, 5.74) is 2.99. The normalized spacial score (nSPS) is 9.25. The Hall–Kier alpha value is 0.273. The zero-order valence-corrected chi connectivity index (χ0v) is 10.5. The summed E-state index contributed by atoms with van der Waals surface area (Å²) >= 11 is 0. The Kier molecular flexibility index (Phi) is 5.97. The number of benzene rings is 1. The van der Waals surface area contributed by atoms with Crippen molar-refractivity contribution in [2.24, 2.45) is 0 Å². The van der Waals surface area contributed by atoms with Crippen LogP contribution < -0.4 is 5.30 Å². The van der Waals surface area contributed by atoms with Gasteiger partial charge < -0.3 is 0 Å². The van der Waals surface area contributed by atoms with E-state index in [9.17, 15) is 0 Å². The van der Waals surface area contributed by atoms with Gasteiger partial charge in [0, 0.05) is 19.5 Å². The Bertz CT molecular complexity index is 246. The minimum atomic E-state index is 0. The Morgan fingerprint density at radius 3 is 2.25 bits per heavy atom. The van der Waals surface area contributed by atoms with Crippen molar-refractivity contribution in [2.75, 3.05) is 0 Å². The van der Waals surface area contributed by atoms with Crippen LogP contribution in [0, 0.1) is 0 Å². The van der Waals surface area contributed by atoms with E-state index in [1.165, 1.54) is 16.4 Å². The molecule has 0 fully saturated rings. The molecule has 1 aromatic carbocycles. The van der Waals surface area contributed by atoms with E-state index in [2.05, 4.69) is 41.3 Å². The summed E-state index contributed by atoms with van der Waals surface area (Å²) in [4.78, 5) is 0. The van der Waals surface area contributed by atoms with Crippen molar-refractivity contribution in [3.63, 3.8) is 0 Å². The maximum absolute atomic E-state index is 2.79. The molecule has 2 heteroatoms. The molecular formula is C10H15PRu. The molecule has 1 unspecified atom stereocenters. The number of rotatable bonds is 2. The summed E-state index contributed by atoms with van der Waals surface area (Å²) in [6.07, 6.45) is 2.29. The van der Waals surface area contributed by atoms with Crippen molar-refractivity contribution in [2.45, 2.75) is 26.7 Å². The minimum absolute atomic E-state index is 0. The van der Waals surface area contributed by atoms with Gasteiger partial charge >= 0.3 is 0 Å². The fourth-order valence-corrected chi connectivity index (χ4v) is 1.92. The third-order valence-corrected chi connectivity index (χ3v) is 2.58. The zero-order valence-electron chi connectivity index (χ0n) is 7.58. The van der Waals surface area contributed by atoms with Crippen LogP contribution in [0.2, 0.25) is 0 Å². The molecular weight excluding hydrogens is 252 g/mol. The Labute approximate surface area is 90.1 Å². The SMILES string of the molecule is CCc1cccc(P)c1CC.[Ru]. The molecule has 0 aliphatic heterocycles. The first kappa shape index (κ1) is 12.3. The van der Waals surface area contributed by atoms with E-state index in [1.807, 2.05) is 0 Å². The summed E-state index contributed by atoms with van der Waals surface area (Å²) in [6, 6.07) is 6.50. The maximum atomic E-state index is 2.79. The summed E-state index contributed by atoms with van der Waals surface area (Å²) in [6.45, 7) is 4.42. The van der Waals surface area contributed by atoms with Crippen LogP contribution in [0.15, 0.2) is 18.2 Å². The van der Waals surface area contributed by atoms with Crippen LogP contribution in [0.25, 0.3) is 0 Å². The summed E-state index contributed by atoms with van der Waals surface area (Å²) < 4.78 is 0. The number of hydrogen-bond donors (Lipinski definition) is 0. The molecule has 0 aliphatic carbocycles. The Morgan fingerprint density at radius 2 is 1.83 bits per heavy atom. The van der Waals surface area contributed by atoms with Gasteiger partial charge in [0.15, 0.2) is 0 Å². The van der Waals surface area contributed by atoms with Gasteiger partial charge in [-0.15, -0.1) is 9.24 Å². The molecule has 0 radical (unpaired) electrons. The molecule has 0 saturated carbocycles. The third-order valence-electron chi connectivity index (χ3n) is 2.04. The van der Waals surface area contributed by atoms with E-state index in [0.29, 0.717) is 0 Å². The van der Waals surface area contributed by atoms with E-state index >= 15 is 0 Å². The number of hydrogen-bond acceptors (Lipinski definition) is 0. The summed E-state index contributed by atoms with van der Waals surface area (Å²) in [5, 5.41) is 1.35. The monoisotopic (exact) mass is 268 g/mol. The van der Waals surface area contributed by atoms with Crippen LogP contribution in [0.3, 0.4) is 0 Å². The van der Waals surface area contributed by atoms with Crippen LogP contribution in [0.1, 0.15) is 25.0 Å². The van der Waals surface area contributed by atoms with Crippen molar-refractivity contribution in [3.05, 3.63) is 29.3 Å². The molecule has 0 amide bonds. The van der Waals surface area contributed by atoms with Crippen LogP contribution >= 0.6 is 9.24 Å². The van der Waals surface area contributed by atoms with Gasteiger partial charge in [0.2, 0.25) is 0 Å². The summed E-state index contributed by atoms with van der Waals surface area (Å²) in [7, 11) is 2.79. The first-order valence-corrected chi connectivity index (χ1v) is 4.73. The fourth-order valence-electron chi connectivity index (χ4n) is 1.42. The second-order valence-electron chi connectivity index (χ2n) is 2.69. The predicted molar refractivity (Wildman–Crippen MR) is 54.5 cm³/mol. The Morgan fingerprint density at radius 1 is 1.17 bits per heavy atom. The molecule has 0 nitrogen and oxygen atoms in total. The molecule has 0 bridgehead atoms. The second kappa shape index (κ2) is 5.84. The zero-order chi connectivity index (χ0) is 8.27. The van der Waals surface area contributed by atoms with Crippen LogP contribution in [-0.2, 0) is 32.3 Å². The average molecular weight is 267 g/mol. The van der Waals surface area contributed by atoms with Crippen molar-refractivity contribution in [3.8, 4) is 0 Å². The van der Waals surface area contributed by atoms with Crippen LogP contribution in [0.5, 0.6) is 0 Å².